The van der Waals surface area contributed by atoms with Gasteiger partial charge in [-0.1, -0.05) is 29.6 Å². The van der Waals surface area contributed by atoms with E-state index in [1.54, 1.807) is 12.3 Å². The van der Waals surface area contributed by atoms with Gasteiger partial charge in [-0.25, -0.2) is 5.43 Å². The van der Waals surface area contributed by atoms with E-state index in [2.05, 4.69) is 20.0 Å². The third-order valence-electron chi connectivity index (χ3n) is 4.84. The van der Waals surface area contributed by atoms with E-state index in [4.69, 9.17) is 23.2 Å². The van der Waals surface area contributed by atoms with Gasteiger partial charge in [-0.3, -0.25) is 9.69 Å². The molecular formula is C20H24Cl2N4O. The fourth-order valence-corrected chi connectivity index (χ4v) is 3.76. The summed E-state index contributed by atoms with van der Waals surface area (Å²) in [5.41, 5.74) is 6.57. The fourth-order valence-electron chi connectivity index (χ4n) is 3.47. The molecule has 27 heavy (non-hydrogen) atoms. The van der Waals surface area contributed by atoms with Crippen LogP contribution in [0.4, 0.5) is 0 Å². The molecule has 0 bridgehead atoms. The number of hydrogen-bond donors (Lipinski definition) is 1. The van der Waals surface area contributed by atoms with Crippen molar-refractivity contribution in [2.45, 2.75) is 33.1 Å². The maximum absolute atomic E-state index is 12.1. The van der Waals surface area contributed by atoms with Gasteiger partial charge < -0.3 is 4.57 Å². The Labute approximate surface area is 169 Å². The van der Waals surface area contributed by atoms with Gasteiger partial charge in [-0.15, -0.1) is 0 Å². The van der Waals surface area contributed by atoms with Crippen LogP contribution in [0.15, 0.2) is 29.4 Å². The van der Waals surface area contributed by atoms with E-state index in [9.17, 15) is 4.79 Å². The van der Waals surface area contributed by atoms with E-state index in [1.165, 1.54) is 6.42 Å². The van der Waals surface area contributed by atoms with Crippen LogP contribution in [0.1, 0.15) is 36.2 Å². The van der Waals surface area contributed by atoms with Gasteiger partial charge in [0.05, 0.1) is 22.8 Å². The van der Waals surface area contributed by atoms with Crippen molar-refractivity contribution in [1.82, 2.24) is 14.9 Å². The van der Waals surface area contributed by atoms with Gasteiger partial charge in [0.25, 0.3) is 5.91 Å². The molecule has 0 spiro atoms. The zero-order chi connectivity index (χ0) is 19.4. The third-order valence-corrected chi connectivity index (χ3v) is 5.58. The topological polar surface area (TPSA) is 49.6 Å². The van der Waals surface area contributed by atoms with Crippen LogP contribution in [0.2, 0.25) is 10.0 Å². The van der Waals surface area contributed by atoms with Crippen molar-refractivity contribution in [3.8, 4) is 5.69 Å². The lowest BCUT2D eigenvalue weighted by atomic mass is 10.1. The van der Waals surface area contributed by atoms with Gasteiger partial charge in [0, 0.05) is 22.6 Å². The summed E-state index contributed by atoms with van der Waals surface area (Å²) in [4.78, 5) is 14.2. The summed E-state index contributed by atoms with van der Waals surface area (Å²) in [6.45, 7) is 6.40. The Morgan fingerprint density at radius 1 is 1.15 bits per heavy atom. The lowest BCUT2D eigenvalue weighted by Gasteiger charge is -2.25. The van der Waals surface area contributed by atoms with Crippen LogP contribution in [0, 0.1) is 13.8 Å². The van der Waals surface area contributed by atoms with Crippen LogP contribution in [0.5, 0.6) is 0 Å². The highest BCUT2D eigenvalue weighted by Crippen LogP contribution is 2.27. The summed E-state index contributed by atoms with van der Waals surface area (Å²) in [5.74, 6) is -0.0774. The molecule has 0 unspecified atom stereocenters. The van der Waals surface area contributed by atoms with E-state index in [-0.39, 0.29) is 5.91 Å². The number of hydrazone groups is 1. The number of carbonyl (C=O) groups excluding carboxylic acids is 1. The van der Waals surface area contributed by atoms with Crippen LogP contribution < -0.4 is 5.43 Å². The van der Waals surface area contributed by atoms with Gasteiger partial charge in [0.1, 0.15) is 0 Å². The van der Waals surface area contributed by atoms with Gasteiger partial charge in [0.15, 0.2) is 0 Å². The molecule has 1 aliphatic heterocycles. The number of benzene rings is 1. The van der Waals surface area contributed by atoms with Crippen LogP contribution in [0.3, 0.4) is 0 Å². The van der Waals surface area contributed by atoms with Crippen LogP contribution in [-0.2, 0) is 4.79 Å². The summed E-state index contributed by atoms with van der Waals surface area (Å²) in [7, 11) is 0. The van der Waals surface area contributed by atoms with Crippen LogP contribution >= 0.6 is 23.2 Å². The van der Waals surface area contributed by atoms with Crippen molar-refractivity contribution >= 4 is 35.3 Å². The van der Waals surface area contributed by atoms with E-state index < -0.39 is 0 Å². The largest absolute Gasteiger partial charge is 0.318 e. The van der Waals surface area contributed by atoms with E-state index >= 15 is 0 Å². The highest BCUT2D eigenvalue weighted by Gasteiger charge is 2.14. The molecule has 3 rings (SSSR count). The summed E-state index contributed by atoms with van der Waals surface area (Å²) >= 11 is 12.2. The molecule has 144 valence electrons. The number of rotatable bonds is 5. The minimum atomic E-state index is -0.0774. The Hall–Kier alpha value is -1.82. The van der Waals surface area contributed by atoms with Gasteiger partial charge >= 0.3 is 0 Å². The number of hydrogen-bond acceptors (Lipinski definition) is 3. The minimum absolute atomic E-state index is 0.0774. The van der Waals surface area contributed by atoms with Crippen molar-refractivity contribution < 1.29 is 4.79 Å². The first-order chi connectivity index (χ1) is 13.0. The fraction of sp³-hybridized carbons (Fsp3) is 0.400. The number of piperidine rings is 1. The molecular weight excluding hydrogens is 383 g/mol. The molecule has 1 aliphatic rings. The van der Waals surface area contributed by atoms with E-state index in [1.807, 2.05) is 32.0 Å². The Bertz CT molecular complexity index is 854. The highest BCUT2D eigenvalue weighted by atomic mass is 35.5. The molecule has 2 aromatic rings. The van der Waals surface area contributed by atoms with Crippen LogP contribution in [0.25, 0.3) is 5.69 Å². The van der Waals surface area contributed by atoms with E-state index in [0.717, 1.165) is 48.6 Å². The maximum atomic E-state index is 12.1. The summed E-state index contributed by atoms with van der Waals surface area (Å²) in [6.07, 6.45) is 5.27. The first kappa shape index (κ1) is 19.9. The molecule has 1 N–H and O–H groups in total. The molecule has 1 saturated heterocycles. The van der Waals surface area contributed by atoms with Gasteiger partial charge in [-0.05, 0) is 64.0 Å². The average Bonchev–Trinajstić information content (AvgIpc) is 2.92. The molecule has 0 saturated carbocycles. The normalized spacial score (nSPS) is 15.4. The van der Waals surface area contributed by atoms with Crippen molar-refractivity contribution in [3.05, 3.63) is 51.3 Å². The Morgan fingerprint density at radius 2 is 1.89 bits per heavy atom. The summed E-state index contributed by atoms with van der Waals surface area (Å²) < 4.78 is 2.08. The molecule has 1 aromatic heterocycles. The first-order valence-corrected chi connectivity index (χ1v) is 9.90. The molecule has 5 nitrogen and oxygen atoms in total. The summed E-state index contributed by atoms with van der Waals surface area (Å²) in [5, 5.41) is 5.18. The lowest BCUT2D eigenvalue weighted by Crippen LogP contribution is -2.38. The molecule has 1 aromatic carbocycles. The number of halogens is 2. The lowest BCUT2D eigenvalue weighted by molar-refractivity contribution is -0.122. The van der Waals surface area contributed by atoms with Crippen molar-refractivity contribution in [2.75, 3.05) is 19.6 Å². The monoisotopic (exact) mass is 406 g/mol. The number of aryl methyl sites for hydroxylation is 1. The first-order valence-electron chi connectivity index (χ1n) is 9.14. The SMILES string of the molecule is Cc1cc(/C=N/NC(=O)CN2CCCCC2)c(C)n1-c1ccc(Cl)c(Cl)c1. The number of amides is 1. The quantitative estimate of drug-likeness (QED) is 0.592. The van der Waals surface area contributed by atoms with Gasteiger partial charge in [0.2, 0.25) is 0 Å². The minimum Gasteiger partial charge on any atom is -0.318 e. The zero-order valence-corrected chi connectivity index (χ0v) is 17.1. The summed E-state index contributed by atoms with van der Waals surface area (Å²) in [6, 6.07) is 7.57. The Kier molecular flexibility index (Phi) is 6.58. The molecule has 0 aliphatic carbocycles. The molecule has 2 heterocycles. The molecule has 0 atom stereocenters. The number of carbonyl (C=O) groups is 1. The van der Waals surface area contributed by atoms with E-state index in [0.29, 0.717) is 16.6 Å². The van der Waals surface area contributed by atoms with Crippen LogP contribution in [-0.4, -0.2) is 41.2 Å². The second-order valence-electron chi connectivity index (χ2n) is 6.89. The molecule has 1 amide bonds. The zero-order valence-electron chi connectivity index (χ0n) is 15.6. The Balaban J connectivity index is 1.67. The predicted octanol–water partition coefficient (Wildman–Crippen LogP) is 4.34. The second kappa shape index (κ2) is 8.91. The molecule has 1 fully saturated rings. The second-order valence-corrected chi connectivity index (χ2v) is 7.70. The molecule has 0 radical (unpaired) electrons. The number of nitrogens with one attached hydrogen (secondary N) is 1. The maximum Gasteiger partial charge on any atom is 0.254 e. The van der Waals surface area contributed by atoms with Crippen molar-refractivity contribution in [3.63, 3.8) is 0 Å². The third kappa shape index (κ3) is 4.92. The number of aromatic nitrogens is 1. The smallest absolute Gasteiger partial charge is 0.254 e. The van der Waals surface area contributed by atoms with Crippen molar-refractivity contribution in [2.24, 2.45) is 5.10 Å². The highest BCUT2D eigenvalue weighted by molar-refractivity contribution is 6.42. The standard InChI is InChI=1S/C20H24Cl2N4O/c1-14-10-16(12-23-24-20(27)13-25-8-4-3-5-9-25)15(2)26(14)17-6-7-18(21)19(22)11-17/h6-7,10-12H,3-5,8-9,13H2,1-2H3,(H,24,27)/b23-12+. The number of likely N-dealkylation sites (tertiary alicyclic amines) is 1. The Morgan fingerprint density at radius 3 is 2.59 bits per heavy atom. The number of nitrogens with zero attached hydrogens (tertiary/aromatic N) is 3. The predicted molar refractivity (Wildman–Crippen MR) is 111 cm³/mol. The van der Waals surface area contributed by atoms with Crippen molar-refractivity contribution in [1.29, 1.82) is 0 Å². The molecule has 7 heteroatoms. The van der Waals surface area contributed by atoms with Gasteiger partial charge in [-0.2, -0.15) is 5.10 Å². The average molecular weight is 407 g/mol.